The summed E-state index contributed by atoms with van der Waals surface area (Å²) in [7, 11) is -3.56. The molecule has 0 unspecified atom stereocenters. The molecule has 0 rings (SSSR count). The van der Waals surface area contributed by atoms with Crippen LogP contribution in [0.4, 0.5) is 0 Å². The minimum absolute atomic E-state index is 0.535. The van der Waals surface area contributed by atoms with Gasteiger partial charge in [-0.3, -0.25) is 0 Å². The Morgan fingerprint density at radius 3 is 2.07 bits per heavy atom. The highest BCUT2D eigenvalue weighted by Crippen LogP contribution is 2.32. The number of nitrogens with one attached hydrogen (secondary N) is 1. The third kappa shape index (κ3) is 3.28. The van der Waals surface area contributed by atoms with E-state index in [-0.39, 0.29) is 0 Å². The molecule has 0 aliphatic heterocycles. The van der Waals surface area contributed by atoms with Crippen molar-refractivity contribution in [3.63, 3.8) is 0 Å². The van der Waals surface area contributed by atoms with Gasteiger partial charge in [0.25, 0.3) is 10.1 Å². The summed E-state index contributed by atoms with van der Waals surface area (Å²) in [6.45, 7) is 9.91. The van der Waals surface area contributed by atoms with Gasteiger partial charge in [0, 0.05) is 5.54 Å². The van der Waals surface area contributed by atoms with Crippen LogP contribution in [-0.4, -0.2) is 25.2 Å². The van der Waals surface area contributed by atoms with Crippen molar-refractivity contribution in [2.75, 3.05) is 6.54 Å². The maximum absolute atomic E-state index is 11.8. The predicted molar refractivity (Wildman–Crippen MR) is 70.5 cm³/mol. The zero-order valence-electron chi connectivity index (χ0n) is 9.93. The molecular formula is C9H20INO3S. The molecule has 0 amide bonds. The maximum atomic E-state index is 11.8. The third-order valence-electron chi connectivity index (χ3n) is 3.03. The quantitative estimate of drug-likeness (QED) is 0.748. The Labute approximate surface area is 107 Å². The average Bonchev–Trinajstić information content (AvgIpc) is 2.14. The lowest BCUT2D eigenvalue weighted by Gasteiger charge is -2.40. The smallest absolute Gasteiger partial charge is 0.283 e. The molecule has 92 valence electrons. The number of hydrogen-bond donors (Lipinski definition) is 1. The molecule has 0 saturated heterocycles. The van der Waals surface area contributed by atoms with E-state index in [4.69, 9.17) is 0 Å². The lowest BCUT2D eigenvalue weighted by atomic mass is 9.89. The van der Waals surface area contributed by atoms with Crippen molar-refractivity contribution in [2.45, 2.75) is 51.3 Å². The predicted octanol–water partition coefficient (Wildman–Crippen LogP) is 2.24. The fourth-order valence-electron chi connectivity index (χ4n) is 1.04. The van der Waals surface area contributed by atoms with Crippen LogP contribution in [0.15, 0.2) is 0 Å². The zero-order chi connectivity index (χ0) is 12.3. The van der Waals surface area contributed by atoms with Crippen LogP contribution in [0.5, 0.6) is 0 Å². The summed E-state index contributed by atoms with van der Waals surface area (Å²) in [5, 5.41) is 3.23. The molecular weight excluding hydrogens is 329 g/mol. The van der Waals surface area contributed by atoms with Gasteiger partial charge in [-0.15, -0.1) is 0 Å². The Bertz CT molecular complexity index is 298. The Morgan fingerprint density at radius 2 is 1.73 bits per heavy atom. The maximum Gasteiger partial charge on any atom is 0.283 e. The van der Waals surface area contributed by atoms with Gasteiger partial charge in [0.2, 0.25) is 0 Å². The average molecular weight is 349 g/mol. The van der Waals surface area contributed by atoms with Crippen LogP contribution in [-0.2, 0) is 12.6 Å². The van der Waals surface area contributed by atoms with E-state index in [1.165, 1.54) is 23.0 Å². The summed E-state index contributed by atoms with van der Waals surface area (Å²) in [6, 6.07) is 0. The van der Waals surface area contributed by atoms with Gasteiger partial charge in [-0.2, -0.15) is 10.9 Å². The van der Waals surface area contributed by atoms with Gasteiger partial charge in [-0.1, -0.05) is 6.92 Å². The molecule has 0 heterocycles. The Kier molecular flexibility index (Phi) is 5.50. The Morgan fingerprint density at radius 1 is 1.27 bits per heavy atom. The van der Waals surface area contributed by atoms with Gasteiger partial charge < -0.3 is 5.32 Å². The molecule has 0 aromatic heterocycles. The van der Waals surface area contributed by atoms with Gasteiger partial charge in [0.05, 0.1) is 0 Å². The molecule has 0 aliphatic carbocycles. The minimum atomic E-state index is -3.56. The second-order valence-electron chi connectivity index (χ2n) is 4.58. The summed E-state index contributed by atoms with van der Waals surface area (Å²) in [5.41, 5.74) is -0.535. The van der Waals surface area contributed by atoms with Gasteiger partial charge in [-0.05, 0) is 40.7 Å². The Hall–Kier alpha value is 0.600. The van der Waals surface area contributed by atoms with Crippen molar-refractivity contribution in [1.29, 1.82) is 0 Å². The van der Waals surface area contributed by atoms with E-state index >= 15 is 0 Å². The first-order chi connectivity index (χ1) is 6.62. The molecule has 15 heavy (non-hydrogen) atoms. The molecule has 0 radical (unpaired) electrons. The van der Waals surface area contributed by atoms with E-state index in [9.17, 15) is 8.42 Å². The fourth-order valence-corrected chi connectivity index (χ4v) is 3.24. The largest absolute Gasteiger partial charge is 0.310 e. The molecule has 6 heteroatoms. The molecule has 0 spiro atoms. The first kappa shape index (κ1) is 15.6. The summed E-state index contributed by atoms with van der Waals surface area (Å²) < 4.78 is 27.1. The van der Waals surface area contributed by atoms with E-state index in [1.54, 1.807) is 13.8 Å². The fraction of sp³-hybridized carbons (Fsp3) is 1.00. The van der Waals surface area contributed by atoms with Crippen molar-refractivity contribution in [1.82, 2.24) is 5.32 Å². The SMILES string of the molecule is CCCNC(C)(C)C(C)(C)S(=O)(=O)OI. The van der Waals surface area contributed by atoms with E-state index < -0.39 is 20.4 Å². The van der Waals surface area contributed by atoms with Crippen molar-refractivity contribution >= 4 is 33.1 Å². The van der Waals surface area contributed by atoms with Crippen LogP contribution in [0.1, 0.15) is 41.0 Å². The van der Waals surface area contributed by atoms with Crippen molar-refractivity contribution in [3.8, 4) is 0 Å². The second-order valence-corrected chi connectivity index (χ2v) is 7.71. The van der Waals surface area contributed by atoms with E-state index in [0.717, 1.165) is 13.0 Å². The monoisotopic (exact) mass is 349 g/mol. The topological polar surface area (TPSA) is 55.4 Å². The standard InChI is InChI=1S/C9H20INO3S/c1-6-7-11-8(2,3)9(4,5)15(12,13)14-10/h11H,6-7H2,1-5H3. The molecule has 0 bridgehead atoms. The number of rotatable bonds is 6. The van der Waals surface area contributed by atoms with Gasteiger partial charge in [0.1, 0.15) is 27.8 Å². The van der Waals surface area contributed by atoms with Crippen molar-refractivity contribution < 1.29 is 10.9 Å². The van der Waals surface area contributed by atoms with E-state index in [2.05, 4.69) is 7.83 Å². The molecule has 4 nitrogen and oxygen atoms in total. The second kappa shape index (κ2) is 5.29. The molecule has 0 atom stereocenters. The van der Waals surface area contributed by atoms with Crippen molar-refractivity contribution in [2.24, 2.45) is 0 Å². The van der Waals surface area contributed by atoms with Crippen LogP contribution in [0, 0.1) is 0 Å². The van der Waals surface area contributed by atoms with Crippen LogP contribution in [0.25, 0.3) is 0 Å². The summed E-state index contributed by atoms with van der Waals surface area (Å²) >= 11 is 1.42. The van der Waals surface area contributed by atoms with Crippen molar-refractivity contribution in [3.05, 3.63) is 0 Å². The van der Waals surface area contributed by atoms with Gasteiger partial charge in [-0.25, -0.2) is 0 Å². The van der Waals surface area contributed by atoms with E-state index in [0.29, 0.717) is 0 Å². The first-order valence-corrected chi connectivity index (χ1v) is 7.21. The molecule has 0 aliphatic rings. The molecule has 1 N–H and O–H groups in total. The van der Waals surface area contributed by atoms with E-state index in [1.807, 2.05) is 20.8 Å². The highest BCUT2D eigenvalue weighted by molar-refractivity contribution is 14.1. The summed E-state index contributed by atoms with van der Waals surface area (Å²) in [5.74, 6) is 0. The van der Waals surface area contributed by atoms with Crippen LogP contribution >= 0.6 is 23.0 Å². The normalized spacial score (nSPS) is 14.3. The Balaban J connectivity index is 5.01. The summed E-state index contributed by atoms with van der Waals surface area (Å²) in [4.78, 5) is 0. The summed E-state index contributed by atoms with van der Waals surface area (Å²) in [6.07, 6.45) is 0.963. The number of halogens is 1. The molecule has 0 aromatic rings. The van der Waals surface area contributed by atoms with Gasteiger partial charge >= 0.3 is 0 Å². The zero-order valence-corrected chi connectivity index (χ0v) is 12.9. The lowest BCUT2D eigenvalue weighted by molar-refractivity contribution is 0.294. The highest BCUT2D eigenvalue weighted by Gasteiger charge is 2.48. The number of hydrogen-bond acceptors (Lipinski definition) is 4. The van der Waals surface area contributed by atoms with Crippen LogP contribution < -0.4 is 5.32 Å². The third-order valence-corrected chi connectivity index (χ3v) is 6.38. The highest BCUT2D eigenvalue weighted by atomic mass is 127. The minimum Gasteiger partial charge on any atom is -0.310 e. The van der Waals surface area contributed by atoms with Gasteiger partial charge in [0.15, 0.2) is 0 Å². The molecule has 0 aromatic carbocycles. The first-order valence-electron chi connectivity index (χ1n) is 4.92. The molecule has 0 fully saturated rings. The molecule has 0 saturated carbocycles. The lowest BCUT2D eigenvalue weighted by Crippen LogP contribution is -2.59. The van der Waals surface area contributed by atoms with Crippen LogP contribution in [0.3, 0.4) is 0 Å². The van der Waals surface area contributed by atoms with Crippen LogP contribution in [0.2, 0.25) is 0 Å².